The number of hydrogen-bond donors (Lipinski definition) is 0. The minimum absolute atomic E-state index is 0.325. The molecule has 0 unspecified atom stereocenters. The fourth-order valence-electron chi connectivity index (χ4n) is 1.05. The summed E-state index contributed by atoms with van der Waals surface area (Å²) in [4.78, 5) is 13.1. The smallest absolute Gasteiger partial charge is 0.410 e. The van der Waals surface area contributed by atoms with Crippen molar-refractivity contribution >= 4 is 6.09 Å². The Labute approximate surface area is 103 Å². The highest BCUT2D eigenvalue weighted by molar-refractivity contribution is 5.67. The van der Waals surface area contributed by atoms with E-state index in [0.717, 1.165) is 6.42 Å². The Bertz CT molecular complexity index is 266. The lowest BCUT2D eigenvalue weighted by molar-refractivity contribution is 0.0280. The molecule has 5 heteroatoms. The maximum Gasteiger partial charge on any atom is 0.410 e. The summed E-state index contributed by atoms with van der Waals surface area (Å²) in [6, 6.07) is 2.00. The molecule has 0 radical (unpaired) electrons. The van der Waals surface area contributed by atoms with Crippen LogP contribution in [0.1, 0.15) is 33.6 Å². The average Bonchev–Trinajstić information content (AvgIpc) is 2.20. The molecule has 0 aromatic carbocycles. The minimum atomic E-state index is -0.464. The number of carbonyl (C=O) groups excluding carboxylic acids is 1. The van der Waals surface area contributed by atoms with Crippen LogP contribution < -0.4 is 0 Å². The maximum absolute atomic E-state index is 11.5. The Morgan fingerprint density at radius 3 is 2.53 bits per heavy atom. The van der Waals surface area contributed by atoms with Crippen LogP contribution in [0, 0.1) is 11.3 Å². The van der Waals surface area contributed by atoms with Gasteiger partial charge in [0.15, 0.2) is 0 Å². The van der Waals surface area contributed by atoms with E-state index in [9.17, 15) is 4.79 Å². The summed E-state index contributed by atoms with van der Waals surface area (Å²) in [6.45, 7) is 7.10. The Morgan fingerprint density at radius 2 is 2.00 bits per heavy atom. The van der Waals surface area contributed by atoms with Gasteiger partial charge in [0, 0.05) is 20.2 Å². The van der Waals surface area contributed by atoms with Crippen LogP contribution in [-0.4, -0.2) is 43.4 Å². The van der Waals surface area contributed by atoms with E-state index >= 15 is 0 Å². The summed E-state index contributed by atoms with van der Waals surface area (Å²) in [7, 11) is 1.70. The van der Waals surface area contributed by atoms with Crippen molar-refractivity contribution in [3.63, 3.8) is 0 Å². The molecule has 0 spiro atoms. The molecular formula is C12H22N2O3. The predicted molar refractivity (Wildman–Crippen MR) is 64.5 cm³/mol. The van der Waals surface area contributed by atoms with E-state index in [0.29, 0.717) is 26.2 Å². The Balaban J connectivity index is 3.62. The monoisotopic (exact) mass is 242 g/mol. The lowest BCUT2D eigenvalue weighted by atomic mass is 10.2. The van der Waals surface area contributed by atoms with Crippen LogP contribution in [-0.2, 0) is 9.47 Å². The van der Waals surface area contributed by atoms with Crippen molar-refractivity contribution in [3.8, 4) is 6.07 Å². The van der Waals surface area contributed by atoms with Crippen LogP contribution in [0.2, 0.25) is 0 Å². The summed E-state index contributed by atoms with van der Waals surface area (Å²) >= 11 is 0. The van der Waals surface area contributed by atoms with Crippen molar-refractivity contribution in [1.82, 2.24) is 4.90 Å². The van der Waals surface area contributed by atoms with E-state index in [1.54, 1.807) is 7.05 Å². The Hall–Kier alpha value is -1.28. The van der Waals surface area contributed by atoms with E-state index in [2.05, 4.69) is 0 Å². The third-order valence-electron chi connectivity index (χ3n) is 1.85. The topological polar surface area (TPSA) is 62.6 Å². The van der Waals surface area contributed by atoms with Gasteiger partial charge in [-0.05, 0) is 27.2 Å². The van der Waals surface area contributed by atoms with Crippen molar-refractivity contribution < 1.29 is 14.3 Å². The molecule has 0 heterocycles. The number of nitriles is 1. The van der Waals surface area contributed by atoms with Gasteiger partial charge in [-0.2, -0.15) is 5.26 Å². The molecule has 98 valence electrons. The molecule has 0 N–H and O–H groups in total. The van der Waals surface area contributed by atoms with Crippen LogP contribution >= 0.6 is 0 Å². The van der Waals surface area contributed by atoms with Crippen LogP contribution in [0.4, 0.5) is 4.79 Å². The van der Waals surface area contributed by atoms with Gasteiger partial charge in [-0.1, -0.05) is 0 Å². The van der Waals surface area contributed by atoms with Crippen LogP contribution in [0.15, 0.2) is 0 Å². The van der Waals surface area contributed by atoms with Gasteiger partial charge in [0.1, 0.15) is 5.60 Å². The number of ether oxygens (including phenoxy) is 2. The van der Waals surface area contributed by atoms with Crippen molar-refractivity contribution in [2.45, 2.75) is 39.2 Å². The molecular weight excluding hydrogens is 220 g/mol. The van der Waals surface area contributed by atoms with E-state index in [-0.39, 0.29) is 6.09 Å². The highest BCUT2D eigenvalue weighted by atomic mass is 16.6. The molecule has 0 saturated heterocycles. The van der Waals surface area contributed by atoms with E-state index in [1.165, 1.54) is 4.90 Å². The van der Waals surface area contributed by atoms with Gasteiger partial charge in [-0.3, -0.25) is 0 Å². The third-order valence-corrected chi connectivity index (χ3v) is 1.85. The fraction of sp³-hybridized carbons (Fsp3) is 0.833. The number of nitrogens with zero attached hydrogens (tertiary/aromatic N) is 2. The fourth-order valence-corrected chi connectivity index (χ4v) is 1.05. The lowest BCUT2D eigenvalue weighted by Crippen LogP contribution is -2.35. The lowest BCUT2D eigenvalue weighted by Gasteiger charge is -2.24. The summed E-state index contributed by atoms with van der Waals surface area (Å²) in [5.41, 5.74) is -0.464. The Morgan fingerprint density at radius 1 is 1.35 bits per heavy atom. The first kappa shape index (κ1) is 15.7. The van der Waals surface area contributed by atoms with Gasteiger partial charge >= 0.3 is 6.09 Å². The molecule has 0 aliphatic heterocycles. The van der Waals surface area contributed by atoms with Crippen LogP contribution in [0.25, 0.3) is 0 Å². The summed E-state index contributed by atoms with van der Waals surface area (Å²) < 4.78 is 10.4. The summed E-state index contributed by atoms with van der Waals surface area (Å²) in [5.74, 6) is 0. The first-order chi connectivity index (χ1) is 7.87. The molecule has 0 fully saturated rings. The molecule has 1 amide bonds. The predicted octanol–water partition coefficient (Wildman–Crippen LogP) is 2.17. The molecule has 0 saturated carbocycles. The summed E-state index contributed by atoms with van der Waals surface area (Å²) in [5, 5.41) is 8.29. The van der Waals surface area contributed by atoms with Gasteiger partial charge < -0.3 is 14.4 Å². The molecule has 0 atom stereocenters. The van der Waals surface area contributed by atoms with Gasteiger partial charge in [0.2, 0.25) is 0 Å². The third kappa shape index (κ3) is 9.64. The van der Waals surface area contributed by atoms with Gasteiger partial charge in [-0.25, -0.2) is 4.79 Å². The quantitative estimate of drug-likeness (QED) is 0.670. The van der Waals surface area contributed by atoms with Crippen molar-refractivity contribution in [2.75, 3.05) is 26.8 Å². The molecule has 0 bridgehead atoms. The van der Waals surface area contributed by atoms with Crippen molar-refractivity contribution in [1.29, 1.82) is 5.26 Å². The minimum Gasteiger partial charge on any atom is -0.444 e. The van der Waals surface area contributed by atoms with Gasteiger partial charge in [0.25, 0.3) is 0 Å². The van der Waals surface area contributed by atoms with Crippen LogP contribution in [0.3, 0.4) is 0 Å². The number of rotatable bonds is 6. The molecule has 0 aromatic rings. The highest BCUT2D eigenvalue weighted by Crippen LogP contribution is 2.09. The second-order valence-corrected chi connectivity index (χ2v) is 4.78. The maximum atomic E-state index is 11.5. The van der Waals surface area contributed by atoms with Gasteiger partial charge in [0.05, 0.1) is 19.1 Å². The molecule has 0 aliphatic rings. The molecule has 0 aliphatic carbocycles. The first-order valence-electron chi connectivity index (χ1n) is 5.75. The molecule has 17 heavy (non-hydrogen) atoms. The summed E-state index contributed by atoms with van der Waals surface area (Å²) in [6.07, 6.45) is 0.817. The Kier molecular flexibility index (Phi) is 7.31. The standard InChI is InChI=1S/C12H22N2O3/c1-12(2,3)17-11(15)14(4)8-6-10-16-9-5-7-13/h5-6,8-10H2,1-4H3. The normalized spacial score (nSPS) is 10.8. The zero-order chi connectivity index (χ0) is 13.3. The zero-order valence-electron chi connectivity index (χ0n) is 11.2. The van der Waals surface area contributed by atoms with Crippen molar-refractivity contribution in [3.05, 3.63) is 0 Å². The van der Waals surface area contributed by atoms with Crippen molar-refractivity contribution in [2.24, 2.45) is 0 Å². The molecule has 0 rings (SSSR count). The average molecular weight is 242 g/mol. The zero-order valence-corrected chi connectivity index (χ0v) is 11.2. The molecule has 0 aromatic heterocycles. The second kappa shape index (κ2) is 7.91. The second-order valence-electron chi connectivity index (χ2n) is 4.78. The van der Waals surface area contributed by atoms with Gasteiger partial charge in [-0.15, -0.1) is 0 Å². The van der Waals surface area contributed by atoms with Crippen LogP contribution in [0.5, 0.6) is 0 Å². The number of carbonyl (C=O) groups is 1. The largest absolute Gasteiger partial charge is 0.444 e. The molecule has 5 nitrogen and oxygen atoms in total. The highest BCUT2D eigenvalue weighted by Gasteiger charge is 2.18. The SMILES string of the molecule is CN(CCCOCCC#N)C(=O)OC(C)(C)C. The number of amides is 1. The van der Waals surface area contributed by atoms with E-state index < -0.39 is 5.60 Å². The van der Waals surface area contributed by atoms with E-state index in [1.807, 2.05) is 26.8 Å². The first-order valence-corrected chi connectivity index (χ1v) is 5.75. The number of hydrogen-bond acceptors (Lipinski definition) is 4. The van der Waals surface area contributed by atoms with E-state index in [4.69, 9.17) is 14.7 Å².